The molecule has 0 aliphatic carbocycles. The molecule has 0 saturated carbocycles. The second kappa shape index (κ2) is 5.07. The van der Waals surface area contributed by atoms with E-state index in [1.54, 1.807) is 18.2 Å². The molecule has 0 radical (unpaired) electrons. The van der Waals surface area contributed by atoms with E-state index < -0.39 is 17.4 Å². The highest BCUT2D eigenvalue weighted by molar-refractivity contribution is 9.10. The van der Waals surface area contributed by atoms with Gasteiger partial charge in [0.15, 0.2) is 5.78 Å². The summed E-state index contributed by atoms with van der Waals surface area (Å²) >= 11 is 2.88. The monoisotopic (exact) mass is 338 g/mol. The van der Waals surface area contributed by atoms with E-state index in [4.69, 9.17) is 4.74 Å². The lowest BCUT2D eigenvalue weighted by Crippen LogP contribution is -2.06. The number of hydrogen-bond donors (Lipinski definition) is 0. The topological polar surface area (TPSA) is 26.3 Å². The van der Waals surface area contributed by atoms with Crippen LogP contribution in [0.4, 0.5) is 8.78 Å². The molecule has 2 aromatic carbocycles. The predicted octanol–water partition coefficient (Wildman–Crippen LogP) is 3.99. The summed E-state index contributed by atoms with van der Waals surface area (Å²) in [4.78, 5) is 12.3. The maximum absolute atomic E-state index is 13.8. The lowest BCUT2D eigenvalue weighted by molar-refractivity contribution is 0.103. The van der Waals surface area contributed by atoms with Crippen LogP contribution >= 0.6 is 15.9 Å². The first-order valence-corrected chi connectivity index (χ1v) is 6.74. The van der Waals surface area contributed by atoms with Crippen molar-refractivity contribution >= 4 is 21.7 Å². The fourth-order valence-electron chi connectivity index (χ4n) is 2.17. The van der Waals surface area contributed by atoms with Gasteiger partial charge >= 0.3 is 0 Å². The number of ketones is 1. The van der Waals surface area contributed by atoms with Gasteiger partial charge in [-0.2, -0.15) is 0 Å². The Hall–Kier alpha value is -1.59. The first-order valence-electron chi connectivity index (χ1n) is 5.95. The van der Waals surface area contributed by atoms with E-state index in [1.165, 1.54) is 0 Å². The van der Waals surface area contributed by atoms with E-state index in [2.05, 4.69) is 15.9 Å². The van der Waals surface area contributed by atoms with Crippen molar-refractivity contribution < 1.29 is 18.3 Å². The maximum Gasteiger partial charge on any atom is 0.196 e. The normalized spacial score (nSPS) is 13.3. The van der Waals surface area contributed by atoms with Crippen LogP contribution in [0.1, 0.15) is 27.0 Å². The Bertz CT molecular complexity index is 713. The molecule has 0 amide bonds. The van der Waals surface area contributed by atoms with Crippen molar-refractivity contribution in [2.75, 3.05) is 0 Å². The van der Waals surface area contributed by atoms with Gasteiger partial charge in [-0.3, -0.25) is 4.79 Å². The lowest BCUT2D eigenvalue weighted by atomic mass is 9.99. The number of halogens is 3. The van der Waals surface area contributed by atoms with Gasteiger partial charge in [-0.25, -0.2) is 8.78 Å². The summed E-state index contributed by atoms with van der Waals surface area (Å²) in [6.07, 6.45) is 0. The number of carbonyl (C=O) groups is 1. The molecule has 0 unspecified atom stereocenters. The summed E-state index contributed by atoms with van der Waals surface area (Å²) in [5, 5.41) is 0. The van der Waals surface area contributed by atoms with Crippen molar-refractivity contribution in [2.24, 2.45) is 0 Å². The SMILES string of the molecule is O=C(c1ccc2c(c1)COC2)c1cc(F)c(Br)cc1F. The average molecular weight is 339 g/mol. The molecular weight excluding hydrogens is 330 g/mol. The largest absolute Gasteiger partial charge is 0.372 e. The fourth-order valence-corrected chi connectivity index (χ4v) is 2.48. The minimum atomic E-state index is -0.750. The zero-order valence-corrected chi connectivity index (χ0v) is 11.8. The number of carbonyl (C=O) groups excluding carboxylic acids is 1. The third-order valence-electron chi connectivity index (χ3n) is 3.24. The molecule has 1 aliphatic heterocycles. The standard InChI is InChI=1S/C15H9BrF2O2/c16-12-5-13(17)11(4-14(12)18)15(19)8-1-2-9-6-20-7-10(9)3-8/h1-5H,6-7H2. The second-order valence-corrected chi connectivity index (χ2v) is 5.41. The molecule has 2 aromatic rings. The van der Waals surface area contributed by atoms with Gasteiger partial charge in [-0.05, 0) is 45.3 Å². The molecule has 0 saturated heterocycles. The summed E-state index contributed by atoms with van der Waals surface area (Å²) in [6.45, 7) is 0.957. The van der Waals surface area contributed by atoms with Crippen molar-refractivity contribution in [2.45, 2.75) is 13.2 Å². The fraction of sp³-hybridized carbons (Fsp3) is 0.133. The molecule has 0 N–H and O–H groups in total. The van der Waals surface area contributed by atoms with Crippen LogP contribution in [0, 0.1) is 11.6 Å². The molecular formula is C15H9BrF2O2. The van der Waals surface area contributed by atoms with E-state index in [-0.39, 0.29) is 10.0 Å². The minimum Gasteiger partial charge on any atom is -0.372 e. The molecule has 1 aliphatic rings. The van der Waals surface area contributed by atoms with Crippen molar-refractivity contribution in [1.29, 1.82) is 0 Å². The second-order valence-electron chi connectivity index (χ2n) is 4.55. The molecule has 2 nitrogen and oxygen atoms in total. The van der Waals surface area contributed by atoms with Crippen molar-refractivity contribution in [1.82, 2.24) is 0 Å². The van der Waals surface area contributed by atoms with Crippen LogP contribution in [0.5, 0.6) is 0 Å². The van der Waals surface area contributed by atoms with Gasteiger partial charge in [0.25, 0.3) is 0 Å². The number of fused-ring (bicyclic) bond motifs is 1. The maximum atomic E-state index is 13.8. The Morgan fingerprint density at radius 3 is 2.60 bits per heavy atom. The third-order valence-corrected chi connectivity index (χ3v) is 3.85. The smallest absolute Gasteiger partial charge is 0.196 e. The Balaban J connectivity index is 2.03. The molecule has 20 heavy (non-hydrogen) atoms. The zero-order valence-electron chi connectivity index (χ0n) is 10.3. The van der Waals surface area contributed by atoms with E-state index in [1.807, 2.05) is 0 Å². The molecule has 5 heteroatoms. The van der Waals surface area contributed by atoms with Crippen LogP contribution in [0.3, 0.4) is 0 Å². The van der Waals surface area contributed by atoms with Crippen LogP contribution in [0.25, 0.3) is 0 Å². The highest BCUT2D eigenvalue weighted by atomic mass is 79.9. The molecule has 102 valence electrons. The number of hydrogen-bond acceptors (Lipinski definition) is 2. The molecule has 0 atom stereocenters. The van der Waals surface area contributed by atoms with Crippen molar-refractivity contribution in [3.8, 4) is 0 Å². The third kappa shape index (κ3) is 2.27. The first-order chi connectivity index (χ1) is 9.56. The Morgan fingerprint density at radius 1 is 1.05 bits per heavy atom. The van der Waals surface area contributed by atoms with E-state index in [0.717, 1.165) is 23.3 Å². The van der Waals surface area contributed by atoms with Gasteiger partial charge in [-0.1, -0.05) is 12.1 Å². The summed E-state index contributed by atoms with van der Waals surface area (Å²) in [5.74, 6) is -1.96. The van der Waals surface area contributed by atoms with E-state index >= 15 is 0 Å². The Morgan fingerprint density at radius 2 is 1.80 bits per heavy atom. The zero-order chi connectivity index (χ0) is 14.3. The van der Waals surface area contributed by atoms with E-state index in [0.29, 0.717) is 18.8 Å². The molecule has 3 rings (SSSR count). The lowest BCUT2D eigenvalue weighted by Gasteiger charge is -2.06. The summed E-state index contributed by atoms with van der Waals surface area (Å²) < 4.78 is 32.5. The van der Waals surface area contributed by atoms with Gasteiger partial charge in [0, 0.05) is 5.56 Å². The number of ether oxygens (including phenoxy) is 1. The van der Waals surface area contributed by atoms with Gasteiger partial charge < -0.3 is 4.74 Å². The molecule has 0 fully saturated rings. The summed E-state index contributed by atoms with van der Waals surface area (Å²) in [5.41, 5.74) is 1.98. The van der Waals surface area contributed by atoms with Gasteiger partial charge in [0.05, 0.1) is 23.2 Å². The highest BCUT2D eigenvalue weighted by Gasteiger charge is 2.19. The van der Waals surface area contributed by atoms with Crippen LogP contribution in [-0.2, 0) is 18.0 Å². The number of benzene rings is 2. The summed E-state index contributed by atoms with van der Waals surface area (Å²) in [6, 6.07) is 6.92. The van der Waals surface area contributed by atoms with E-state index in [9.17, 15) is 13.6 Å². The van der Waals surface area contributed by atoms with Crippen LogP contribution in [0.2, 0.25) is 0 Å². The summed E-state index contributed by atoms with van der Waals surface area (Å²) in [7, 11) is 0. The van der Waals surface area contributed by atoms with Crippen LogP contribution in [0.15, 0.2) is 34.8 Å². The van der Waals surface area contributed by atoms with Crippen LogP contribution < -0.4 is 0 Å². The van der Waals surface area contributed by atoms with Gasteiger partial charge in [0.1, 0.15) is 11.6 Å². The Kier molecular flexibility index (Phi) is 3.40. The molecule has 1 heterocycles. The minimum absolute atomic E-state index is 0.00565. The first kappa shape index (κ1) is 13.4. The molecule has 0 bridgehead atoms. The quantitative estimate of drug-likeness (QED) is 0.611. The molecule has 0 aromatic heterocycles. The Labute approximate surface area is 122 Å². The average Bonchev–Trinajstić information content (AvgIpc) is 2.89. The molecule has 0 spiro atoms. The van der Waals surface area contributed by atoms with Crippen molar-refractivity contribution in [3.05, 3.63) is 68.7 Å². The highest BCUT2D eigenvalue weighted by Crippen LogP contribution is 2.25. The predicted molar refractivity (Wildman–Crippen MR) is 72.4 cm³/mol. The number of rotatable bonds is 2. The van der Waals surface area contributed by atoms with Gasteiger partial charge in [0.2, 0.25) is 0 Å². The van der Waals surface area contributed by atoms with Gasteiger partial charge in [-0.15, -0.1) is 0 Å². The van der Waals surface area contributed by atoms with Crippen LogP contribution in [-0.4, -0.2) is 5.78 Å². The van der Waals surface area contributed by atoms with Crippen molar-refractivity contribution in [3.63, 3.8) is 0 Å².